The van der Waals surface area contributed by atoms with Gasteiger partial charge in [-0.25, -0.2) is 9.59 Å². The Morgan fingerprint density at radius 3 is 2.61 bits per heavy atom. The Morgan fingerprint density at radius 2 is 1.89 bits per heavy atom. The van der Waals surface area contributed by atoms with Crippen LogP contribution in [0.1, 0.15) is 5.56 Å². The normalized spacial score (nSPS) is 13.9. The Balaban J connectivity index is 1.97. The van der Waals surface area contributed by atoms with Crippen molar-refractivity contribution >= 4 is 17.6 Å². The highest BCUT2D eigenvalue weighted by Gasteiger charge is 2.33. The molecular formula is C20H20N2O6. The summed E-state index contributed by atoms with van der Waals surface area (Å²) in [6.07, 6.45) is 3.39. The molecule has 3 rings (SSSR count). The van der Waals surface area contributed by atoms with Crippen molar-refractivity contribution in [3.05, 3.63) is 65.6 Å². The number of carbonyl (C=O) groups is 2. The van der Waals surface area contributed by atoms with E-state index < -0.39 is 11.9 Å². The molecule has 0 spiro atoms. The summed E-state index contributed by atoms with van der Waals surface area (Å²) < 4.78 is 21.1. The summed E-state index contributed by atoms with van der Waals surface area (Å²) in [7, 11) is 2.50. The van der Waals surface area contributed by atoms with Crippen LogP contribution in [0.4, 0.5) is 5.69 Å². The number of para-hydroxylation sites is 2. The molecule has 0 fully saturated rings. The van der Waals surface area contributed by atoms with Crippen LogP contribution in [0.15, 0.2) is 60.1 Å². The average Bonchev–Trinajstić information content (AvgIpc) is 2.77. The number of nitrogens with zero attached hydrogens (tertiary/aromatic N) is 2. The molecule has 0 bridgehead atoms. The molecule has 146 valence electrons. The summed E-state index contributed by atoms with van der Waals surface area (Å²) in [5.74, 6) is -0.799. The van der Waals surface area contributed by atoms with Crippen LogP contribution >= 0.6 is 0 Å². The van der Waals surface area contributed by atoms with E-state index >= 15 is 0 Å². The first-order valence-electron chi connectivity index (χ1n) is 8.51. The van der Waals surface area contributed by atoms with Gasteiger partial charge in [0.15, 0.2) is 0 Å². The van der Waals surface area contributed by atoms with Crippen LogP contribution in [-0.2, 0) is 30.4 Å². The molecule has 0 saturated carbocycles. The fourth-order valence-electron chi connectivity index (χ4n) is 2.78. The number of carbonyl (C=O) groups excluding carboxylic acids is 2. The van der Waals surface area contributed by atoms with E-state index in [1.807, 2.05) is 18.2 Å². The smallest absolute Gasteiger partial charge is 0.355 e. The maximum absolute atomic E-state index is 12.4. The first-order chi connectivity index (χ1) is 13.7. The average molecular weight is 384 g/mol. The summed E-state index contributed by atoms with van der Waals surface area (Å²) in [5, 5.41) is 0. The molecule has 0 amide bonds. The Bertz CT molecular complexity index is 881. The first kappa shape index (κ1) is 19.4. The van der Waals surface area contributed by atoms with Crippen molar-refractivity contribution in [1.29, 1.82) is 0 Å². The van der Waals surface area contributed by atoms with Crippen molar-refractivity contribution in [2.75, 3.05) is 32.5 Å². The van der Waals surface area contributed by atoms with Gasteiger partial charge >= 0.3 is 11.9 Å². The maximum atomic E-state index is 12.4. The third-order valence-electron chi connectivity index (χ3n) is 4.11. The molecule has 0 radical (unpaired) electrons. The zero-order valence-electron chi connectivity index (χ0n) is 15.6. The molecule has 2 aromatic rings. The SMILES string of the molecule is COC(=O)C1=C(C(=O)OC)N(c2ccccc2OCc2cccnc2)COC1. The van der Waals surface area contributed by atoms with Crippen molar-refractivity contribution in [3.8, 4) is 5.75 Å². The lowest BCUT2D eigenvalue weighted by Gasteiger charge is -2.32. The van der Waals surface area contributed by atoms with Gasteiger partial charge in [-0.15, -0.1) is 0 Å². The Kier molecular flexibility index (Phi) is 6.23. The molecule has 0 unspecified atom stereocenters. The third-order valence-corrected chi connectivity index (χ3v) is 4.11. The van der Waals surface area contributed by atoms with E-state index in [0.29, 0.717) is 18.0 Å². The van der Waals surface area contributed by atoms with E-state index in [0.717, 1.165) is 5.56 Å². The van der Waals surface area contributed by atoms with Crippen LogP contribution < -0.4 is 9.64 Å². The summed E-state index contributed by atoms with van der Waals surface area (Å²) in [6.45, 7) is 0.297. The number of hydrogen-bond acceptors (Lipinski definition) is 8. The third kappa shape index (κ3) is 4.12. The van der Waals surface area contributed by atoms with Crippen molar-refractivity contribution in [2.45, 2.75) is 6.61 Å². The number of benzene rings is 1. The van der Waals surface area contributed by atoms with Gasteiger partial charge in [0.05, 0.1) is 32.1 Å². The summed E-state index contributed by atoms with van der Waals surface area (Å²) >= 11 is 0. The number of anilines is 1. The minimum Gasteiger partial charge on any atom is -0.487 e. The van der Waals surface area contributed by atoms with Gasteiger partial charge in [-0.2, -0.15) is 0 Å². The second-order valence-corrected chi connectivity index (χ2v) is 5.83. The molecular weight excluding hydrogens is 364 g/mol. The lowest BCUT2D eigenvalue weighted by Crippen LogP contribution is -2.39. The molecule has 0 saturated heterocycles. The molecule has 8 heteroatoms. The van der Waals surface area contributed by atoms with Gasteiger partial charge < -0.3 is 23.8 Å². The summed E-state index contributed by atoms with van der Waals surface area (Å²) in [5.41, 5.74) is 1.61. The van der Waals surface area contributed by atoms with Gasteiger partial charge in [0.2, 0.25) is 0 Å². The zero-order chi connectivity index (χ0) is 19.9. The molecule has 1 aliphatic heterocycles. The van der Waals surface area contributed by atoms with E-state index in [4.69, 9.17) is 18.9 Å². The maximum Gasteiger partial charge on any atom is 0.355 e. The highest BCUT2D eigenvalue weighted by atomic mass is 16.5. The number of rotatable bonds is 6. The van der Waals surface area contributed by atoms with Crippen LogP contribution in [0.25, 0.3) is 0 Å². The van der Waals surface area contributed by atoms with Crippen LogP contribution in [0, 0.1) is 0 Å². The number of methoxy groups -OCH3 is 2. The molecule has 0 atom stereocenters. The Hall–Kier alpha value is -3.39. The molecule has 0 aliphatic carbocycles. The van der Waals surface area contributed by atoms with Gasteiger partial charge in [0.25, 0.3) is 0 Å². The van der Waals surface area contributed by atoms with Crippen molar-refractivity contribution in [3.63, 3.8) is 0 Å². The predicted octanol–water partition coefficient (Wildman–Crippen LogP) is 2.05. The monoisotopic (exact) mass is 384 g/mol. The quantitative estimate of drug-likeness (QED) is 0.700. The van der Waals surface area contributed by atoms with Crippen LogP contribution in [0.5, 0.6) is 5.75 Å². The second kappa shape index (κ2) is 9.01. The summed E-state index contributed by atoms with van der Waals surface area (Å²) in [6, 6.07) is 10.9. The Morgan fingerprint density at radius 1 is 1.11 bits per heavy atom. The molecule has 1 aliphatic rings. The van der Waals surface area contributed by atoms with E-state index in [1.165, 1.54) is 14.2 Å². The van der Waals surface area contributed by atoms with E-state index in [-0.39, 0.29) is 24.6 Å². The van der Waals surface area contributed by atoms with Crippen molar-refractivity contribution in [1.82, 2.24) is 4.98 Å². The lowest BCUT2D eigenvalue weighted by atomic mass is 10.1. The number of pyridine rings is 1. The van der Waals surface area contributed by atoms with E-state index in [9.17, 15) is 9.59 Å². The van der Waals surface area contributed by atoms with E-state index in [1.54, 1.807) is 35.5 Å². The van der Waals surface area contributed by atoms with Crippen molar-refractivity contribution in [2.24, 2.45) is 0 Å². The van der Waals surface area contributed by atoms with Crippen LogP contribution in [0.2, 0.25) is 0 Å². The Labute approximate surface area is 162 Å². The van der Waals surface area contributed by atoms with Gasteiger partial charge in [-0.3, -0.25) is 4.98 Å². The van der Waals surface area contributed by atoms with Gasteiger partial charge in [0, 0.05) is 18.0 Å². The fourth-order valence-corrected chi connectivity index (χ4v) is 2.78. The molecule has 2 heterocycles. The molecule has 1 aromatic carbocycles. The van der Waals surface area contributed by atoms with E-state index in [2.05, 4.69) is 4.98 Å². The predicted molar refractivity (Wildman–Crippen MR) is 99.4 cm³/mol. The largest absolute Gasteiger partial charge is 0.487 e. The molecule has 1 aromatic heterocycles. The zero-order valence-corrected chi connectivity index (χ0v) is 15.6. The number of aromatic nitrogens is 1. The lowest BCUT2D eigenvalue weighted by molar-refractivity contribution is -0.140. The number of esters is 2. The second-order valence-electron chi connectivity index (χ2n) is 5.83. The topological polar surface area (TPSA) is 87.2 Å². The van der Waals surface area contributed by atoms with Crippen LogP contribution in [-0.4, -0.2) is 44.5 Å². The molecule has 28 heavy (non-hydrogen) atoms. The van der Waals surface area contributed by atoms with Gasteiger partial charge in [0.1, 0.15) is 24.8 Å². The van der Waals surface area contributed by atoms with Crippen molar-refractivity contribution < 1.29 is 28.5 Å². The first-order valence-corrected chi connectivity index (χ1v) is 8.51. The fraction of sp³-hybridized carbons (Fsp3) is 0.250. The van der Waals surface area contributed by atoms with Gasteiger partial charge in [-0.1, -0.05) is 18.2 Å². The number of hydrogen-bond donors (Lipinski definition) is 0. The summed E-state index contributed by atoms with van der Waals surface area (Å²) in [4.78, 5) is 30.2. The van der Waals surface area contributed by atoms with Crippen LogP contribution in [0.3, 0.4) is 0 Å². The highest BCUT2D eigenvalue weighted by Crippen LogP contribution is 2.34. The molecule has 8 nitrogen and oxygen atoms in total. The standard InChI is InChI=1S/C20H20N2O6/c1-25-19(23)15-12-27-13-22(18(15)20(24)26-2)16-7-3-4-8-17(16)28-11-14-6-5-9-21-10-14/h3-10H,11-13H2,1-2H3. The van der Waals surface area contributed by atoms with Gasteiger partial charge in [-0.05, 0) is 18.2 Å². The molecule has 0 N–H and O–H groups in total. The highest BCUT2D eigenvalue weighted by molar-refractivity contribution is 6.03. The minimum absolute atomic E-state index is 0.0493. The number of ether oxygens (including phenoxy) is 4. The minimum atomic E-state index is -0.661.